The van der Waals surface area contributed by atoms with Gasteiger partial charge in [0.2, 0.25) is 15.9 Å². The zero-order chi connectivity index (χ0) is 23.0. The number of hydrogen-bond donors (Lipinski definition) is 0. The van der Waals surface area contributed by atoms with E-state index in [0.29, 0.717) is 42.5 Å². The molecule has 5 rings (SSSR count). The number of rotatable bonds is 5. The van der Waals surface area contributed by atoms with Crippen LogP contribution in [0.5, 0.6) is 0 Å². The minimum atomic E-state index is -3.48. The average molecular weight is 466 g/mol. The number of piperidine rings is 1. The van der Waals surface area contributed by atoms with Crippen molar-refractivity contribution in [1.29, 1.82) is 0 Å². The largest absolute Gasteiger partial charge is 0.339 e. The molecule has 1 aromatic heterocycles. The maximum atomic E-state index is 13.3. The summed E-state index contributed by atoms with van der Waals surface area (Å²) < 4.78 is 33.8. The van der Waals surface area contributed by atoms with Gasteiger partial charge in [0.15, 0.2) is 5.82 Å². The number of aryl methyl sites for hydroxylation is 3. The fourth-order valence-corrected chi connectivity index (χ4v) is 6.68. The van der Waals surface area contributed by atoms with Crippen LogP contribution in [-0.4, -0.2) is 36.0 Å². The lowest BCUT2D eigenvalue weighted by Gasteiger charge is -2.30. The van der Waals surface area contributed by atoms with Crippen molar-refractivity contribution in [3.05, 3.63) is 76.4 Å². The lowest BCUT2D eigenvalue weighted by molar-refractivity contribution is 0.270. The van der Waals surface area contributed by atoms with Gasteiger partial charge >= 0.3 is 0 Å². The van der Waals surface area contributed by atoms with Crippen molar-refractivity contribution in [1.82, 2.24) is 14.4 Å². The molecule has 0 bridgehead atoms. The molecule has 1 saturated heterocycles. The van der Waals surface area contributed by atoms with Gasteiger partial charge in [-0.15, -0.1) is 0 Å². The van der Waals surface area contributed by atoms with E-state index in [1.54, 1.807) is 10.4 Å². The second kappa shape index (κ2) is 9.03. The van der Waals surface area contributed by atoms with E-state index in [9.17, 15) is 8.42 Å². The lowest BCUT2D eigenvalue weighted by atomic mass is 9.92. The Hall–Kier alpha value is -2.51. The minimum Gasteiger partial charge on any atom is -0.339 e. The van der Waals surface area contributed by atoms with Gasteiger partial charge in [-0.3, -0.25) is 0 Å². The molecule has 33 heavy (non-hydrogen) atoms. The van der Waals surface area contributed by atoms with Gasteiger partial charge < -0.3 is 4.52 Å². The van der Waals surface area contributed by atoms with Crippen LogP contribution < -0.4 is 0 Å². The number of nitrogens with zero attached hydrogens (tertiary/aromatic N) is 3. The van der Waals surface area contributed by atoms with Crippen LogP contribution in [-0.2, 0) is 22.9 Å². The first-order valence-electron chi connectivity index (χ1n) is 11.9. The van der Waals surface area contributed by atoms with Crippen molar-refractivity contribution < 1.29 is 12.9 Å². The first kappa shape index (κ1) is 22.3. The molecular formula is C26H31N3O3S. The molecule has 7 heteroatoms. The third-order valence-corrected chi connectivity index (χ3v) is 9.16. The first-order valence-corrected chi connectivity index (χ1v) is 13.4. The Morgan fingerprint density at radius 2 is 1.76 bits per heavy atom. The summed E-state index contributed by atoms with van der Waals surface area (Å²) in [5.41, 5.74) is 4.89. The van der Waals surface area contributed by atoms with Gasteiger partial charge in [-0.25, -0.2) is 8.42 Å². The van der Waals surface area contributed by atoms with Crippen LogP contribution in [0.4, 0.5) is 0 Å². The summed E-state index contributed by atoms with van der Waals surface area (Å²) in [6.45, 7) is 5.11. The average Bonchev–Trinajstić information content (AvgIpc) is 3.34. The van der Waals surface area contributed by atoms with Crippen molar-refractivity contribution in [2.45, 2.75) is 69.1 Å². The molecule has 1 atom stereocenters. The second-order valence-electron chi connectivity index (χ2n) is 9.39. The monoisotopic (exact) mass is 465 g/mol. The zero-order valence-electron chi connectivity index (χ0n) is 19.3. The summed E-state index contributed by atoms with van der Waals surface area (Å²) >= 11 is 0. The zero-order valence-corrected chi connectivity index (χ0v) is 20.1. The Morgan fingerprint density at radius 3 is 2.52 bits per heavy atom. The molecule has 0 amide bonds. The van der Waals surface area contributed by atoms with Crippen molar-refractivity contribution in [2.24, 2.45) is 0 Å². The highest BCUT2D eigenvalue weighted by atomic mass is 32.2. The Labute approximate surface area is 196 Å². The van der Waals surface area contributed by atoms with Crippen molar-refractivity contribution in [2.75, 3.05) is 13.1 Å². The highest BCUT2D eigenvalue weighted by molar-refractivity contribution is 7.89. The smallest absolute Gasteiger partial charge is 0.243 e. The Balaban J connectivity index is 1.26. The van der Waals surface area contributed by atoms with Crippen LogP contribution in [0.1, 0.15) is 78.4 Å². The van der Waals surface area contributed by atoms with Gasteiger partial charge in [-0.05, 0) is 79.8 Å². The molecule has 1 aliphatic carbocycles. The van der Waals surface area contributed by atoms with Gasteiger partial charge in [-0.1, -0.05) is 42.4 Å². The molecule has 0 saturated carbocycles. The first-order chi connectivity index (χ1) is 15.9. The number of sulfonamides is 1. The van der Waals surface area contributed by atoms with Crippen LogP contribution in [0.25, 0.3) is 0 Å². The van der Waals surface area contributed by atoms with Crippen LogP contribution in [0.2, 0.25) is 0 Å². The molecule has 2 aromatic carbocycles. The summed E-state index contributed by atoms with van der Waals surface area (Å²) in [4.78, 5) is 5.12. The fourth-order valence-electron chi connectivity index (χ4n) is 5.16. The summed E-state index contributed by atoms with van der Waals surface area (Å²) in [7, 11) is -3.48. The van der Waals surface area contributed by atoms with Gasteiger partial charge in [0.1, 0.15) is 0 Å². The summed E-state index contributed by atoms with van der Waals surface area (Å²) in [5.74, 6) is 1.44. The van der Waals surface area contributed by atoms with Gasteiger partial charge in [0, 0.05) is 24.9 Å². The molecule has 6 nitrogen and oxygen atoms in total. The van der Waals surface area contributed by atoms with Crippen molar-refractivity contribution in [3.8, 4) is 0 Å². The molecule has 0 unspecified atom stereocenters. The molecule has 0 radical (unpaired) electrons. The van der Waals surface area contributed by atoms with Gasteiger partial charge in [0.05, 0.1) is 4.90 Å². The molecule has 3 aromatic rings. The van der Waals surface area contributed by atoms with E-state index in [1.165, 1.54) is 28.7 Å². The molecule has 0 N–H and O–H groups in total. The predicted molar refractivity (Wildman–Crippen MR) is 127 cm³/mol. The Kier molecular flexibility index (Phi) is 6.10. The number of benzene rings is 2. The summed E-state index contributed by atoms with van der Waals surface area (Å²) in [6.07, 6.45) is 5.72. The molecule has 2 aliphatic rings. The number of fused-ring (bicyclic) bond motifs is 1. The molecule has 0 spiro atoms. The van der Waals surface area contributed by atoms with E-state index in [4.69, 9.17) is 9.51 Å². The number of aromatic nitrogens is 2. The van der Waals surface area contributed by atoms with Crippen molar-refractivity contribution >= 4 is 10.0 Å². The minimum absolute atomic E-state index is 0.0492. The topological polar surface area (TPSA) is 76.3 Å². The highest BCUT2D eigenvalue weighted by Crippen LogP contribution is 2.33. The molecule has 174 valence electrons. The van der Waals surface area contributed by atoms with Crippen LogP contribution in [0.3, 0.4) is 0 Å². The van der Waals surface area contributed by atoms with E-state index in [-0.39, 0.29) is 11.8 Å². The second-order valence-corrected chi connectivity index (χ2v) is 11.3. The normalized spacial score (nSPS) is 18.7. The molecule has 1 aliphatic heterocycles. The predicted octanol–water partition coefficient (Wildman–Crippen LogP) is 4.98. The van der Waals surface area contributed by atoms with Crippen LogP contribution >= 0.6 is 0 Å². The third kappa shape index (κ3) is 4.36. The fraction of sp³-hybridized carbons (Fsp3) is 0.462. The quantitative estimate of drug-likeness (QED) is 0.531. The molecular weight excluding hydrogens is 434 g/mol. The van der Waals surface area contributed by atoms with E-state index >= 15 is 0 Å². The maximum absolute atomic E-state index is 13.3. The molecule has 2 heterocycles. The van der Waals surface area contributed by atoms with Crippen molar-refractivity contribution in [3.63, 3.8) is 0 Å². The van der Waals surface area contributed by atoms with Gasteiger partial charge in [0.25, 0.3) is 0 Å². The van der Waals surface area contributed by atoms with Crippen LogP contribution in [0, 0.1) is 6.92 Å². The van der Waals surface area contributed by atoms with E-state index in [0.717, 1.165) is 19.3 Å². The van der Waals surface area contributed by atoms with Gasteiger partial charge in [-0.2, -0.15) is 9.29 Å². The standard InChI is InChI=1S/C26H31N3O3S/c1-18-7-3-6-10-24(18)19(2)25-27-26(32-28-25)21-13-15-29(16-14-21)33(30,31)23-12-11-20-8-4-5-9-22(20)17-23/h3,6-7,10-12,17,19,21H,4-5,8-9,13-16H2,1-2H3/t19-/m0/s1. The van der Waals surface area contributed by atoms with E-state index < -0.39 is 10.0 Å². The summed E-state index contributed by atoms with van der Waals surface area (Å²) in [5, 5.41) is 4.25. The number of hydrogen-bond acceptors (Lipinski definition) is 5. The van der Waals surface area contributed by atoms with Crippen LogP contribution in [0.15, 0.2) is 51.9 Å². The third-order valence-electron chi connectivity index (χ3n) is 7.26. The van der Waals surface area contributed by atoms with E-state index in [2.05, 4.69) is 31.1 Å². The molecule has 1 fully saturated rings. The highest BCUT2D eigenvalue weighted by Gasteiger charge is 2.33. The lowest BCUT2D eigenvalue weighted by Crippen LogP contribution is -2.38. The maximum Gasteiger partial charge on any atom is 0.243 e. The Morgan fingerprint density at radius 1 is 1.03 bits per heavy atom. The Bertz CT molecular complexity index is 1240. The van der Waals surface area contributed by atoms with E-state index in [1.807, 2.05) is 24.3 Å². The SMILES string of the molecule is Cc1ccccc1[C@H](C)c1noc(C2CCN(S(=O)(=O)c3ccc4c(c3)CCCC4)CC2)n1. The summed E-state index contributed by atoms with van der Waals surface area (Å²) in [6, 6.07) is 13.9.